The highest BCUT2D eigenvalue weighted by atomic mass is 32.2. The topological polar surface area (TPSA) is 67.4 Å². The Morgan fingerprint density at radius 2 is 1.74 bits per heavy atom. The summed E-state index contributed by atoms with van der Waals surface area (Å²) in [5.41, 5.74) is 3.12. The molecule has 0 bridgehead atoms. The molecule has 4 rings (SSSR count). The lowest BCUT2D eigenvalue weighted by molar-refractivity contribution is -0.113. The number of thioether (sulfide) groups is 1. The molecule has 1 fully saturated rings. The van der Waals surface area contributed by atoms with Crippen molar-refractivity contribution in [3.8, 4) is 0 Å². The molecule has 1 aliphatic heterocycles. The molecule has 1 aliphatic rings. The van der Waals surface area contributed by atoms with Crippen molar-refractivity contribution >= 4 is 40.8 Å². The SMILES string of the molecule is Cc1ccccc1Sc1nccnc1SCC(=O)Nc1ccc(N2CCOCC2)cc1. The number of amides is 1. The number of benzene rings is 2. The van der Waals surface area contributed by atoms with Gasteiger partial charge in [0.1, 0.15) is 10.1 Å². The van der Waals surface area contributed by atoms with Crippen molar-refractivity contribution in [2.45, 2.75) is 21.9 Å². The number of morpholine rings is 1. The van der Waals surface area contributed by atoms with Crippen molar-refractivity contribution in [3.05, 3.63) is 66.5 Å². The Kier molecular flexibility index (Phi) is 7.45. The summed E-state index contributed by atoms with van der Waals surface area (Å²) in [4.78, 5) is 24.8. The average molecular weight is 453 g/mol. The minimum Gasteiger partial charge on any atom is -0.378 e. The van der Waals surface area contributed by atoms with E-state index in [1.54, 1.807) is 24.2 Å². The van der Waals surface area contributed by atoms with Crippen LogP contribution in [0.5, 0.6) is 0 Å². The number of nitrogens with zero attached hydrogens (tertiary/aromatic N) is 3. The van der Waals surface area contributed by atoms with Gasteiger partial charge in [-0.05, 0) is 42.8 Å². The third-order valence-corrected chi connectivity index (χ3v) is 7.08. The first-order valence-corrected chi connectivity index (χ1v) is 11.9. The fourth-order valence-electron chi connectivity index (χ4n) is 3.16. The average Bonchev–Trinajstić information content (AvgIpc) is 2.81. The smallest absolute Gasteiger partial charge is 0.234 e. The Bertz CT molecular complexity index is 1020. The van der Waals surface area contributed by atoms with E-state index in [0.29, 0.717) is 0 Å². The summed E-state index contributed by atoms with van der Waals surface area (Å²) in [7, 11) is 0. The minimum absolute atomic E-state index is 0.0679. The lowest BCUT2D eigenvalue weighted by Gasteiger charge is -2.28. The summed E-state index contributed by atoms with van der Waals surface area (Å²) in [5, 5.41) is 4.53. The van der Waals surface area contributed by atoms with Crippen molar-refractivity contribution < 1.29 is 9.53 Å². The van der Waals surface area contributed by atoms with Gasteiger partial charge in [-0.15, -0.1) is 0 Å². The van der Waals surface area contributed by atoms with Gasteiger partial charge in [-0.2, -0.15) is 0 Å². The molecule has 2 aromatic carbocycles. The zero-order chi connectivity index (χ0) is 21.5. The highest BCUT2D eigenvalue weighted by Gasteiger charge is 2.13. The number of hydrogen-bond donors (Lipinski definition) is 1. The van der Waals surface area contributed by atoms with E-state index in [2.05, 4.69) is 39.2 Å². The molecule has 1 N–H and O–H groups in total. The van der Waals surface area contributed by atoms with Crippen LogP contribution in [0.2, 0.25) is 0 Å². The molecule has 0 unspecified atom stereocenters. The van der Waals surface area contributed by atoms with Gasteiger partial charge in [0, 0.05) is 41.8 Å². The zero-order valence-electron chi connectivity index (χ0n) is 17.3. The Morgan fingerprint density at radius 3 is 2.48 bits per heavy atom. The van der Waals surface area contributed by atoms with Crippen molar-refractivity contribution in [3.63, 3.8) is 0 Å². The van der Waals surface area contributed by atoms with E-state index in [1.165, 1.54) is 17.3 Å². The van der Waals surface area contributed by atoms with Gasteiger partial charge < -0.3 is 15.0 Å². The molecule has 6 nitrogen and oxygen atoms in total. The van der Waals surface area contributed by atoms with Crippen molar-refractivity contribution in [2.75, 3.05) is 42.3 Å². The molecule has 0 spiro atoms. The third kappa shape index (κ3) is 6.00. The quantitative estimate of drug-likeness (QED) is 0.529. The van der Waals surface area contributed by atoms with E-state index in [9.17, 15) is 4.79 Å². The number of aryl methyl sites for hydroxylation is 1. The van der Waals surface area contributed by atoms with Crippen LogP contribution in [0.25, 0.3) is 0 Å². The van der Waals surface area contributed by atoms with Crippen LogP contribution in [0, 0.1) is 6.92 Å². The molecule has 2 heterocycles. The van der Waals surface area contributed by atoms with E-state index in [0.717, 1.165) is 52.6 Å². The van der Waals surface area contributed by atoms with Crippen LogP contribution in [0.4, 0.5) is 11.4 Å². The number of nitrogens with one attached hydrogen (secondary N) is 1. The number of rotatable bonds is 7. The second-order valence-electron chi connectivity index (χ2n) is 7.02. The molecular formula is C23H24N4O2S2. The minimum atomic E-state index is -0.0679. The molecule has 8 heteroatoms. The normalized spacial score (nSPS) is 13.8. The van der Waals surface area contributed by atoms with Gasteiger partial charge in [-0.25, -0.2) is 9.97 Å². The maximum absolute atomic E-state index is 12.5. The van der Waals surface area contributed by atoms with Crippen molar-refractivity contribution in [1.82, 2.24) is 9.97 Å². The predicted octanol–water partition coefficient (Wildman–Crippen LogP) is 4.50. The molecular weight excluding hydrogens is 428 g/mol. The molecule has 1 saturated heterocycles. The summed E-state index contributed by atoms with van der Waals surface area (Å²) in [6, 6.07) is 16.1. The van der Waals surface area contributed by atoms with Gasteiger partial charge in [-0.1, -0.05) is 41.7 Å². The summed E-state index contributed by atoms with van der Waals surface area (Å²) in [5.74, 6) is 0.201. The lowest BCUT2D eigenvalue weighted by Crippen LogP contribution is -2.36. The summed E-state index contributed by atoms with van der Waals surface area (Å²) < 4.78 is 5.40. The van der Waals surface area contributed by atoms with E-state index in [-0.39, 0.29) is 11.7 Å². The van der Waals surface area contributed by atoms with Gasteiger partial charge in [0.15, 0.2) is 0 Å². The molecule has 0 atom stereocenters. The maximum Gasteiger partial charge on any atom is 0.234 e. The van der Waals surface area contributed by atoms with Crippen molar-refractivity contribution in [2.24, 2.45) is 0 Å². The number of anilines is 2. The summed E-state index contributed by atoms with van der Waals surface area (Å²) >= 11 is 2.97. The Hall–Kier alpha value is -2.55. The number of hydrogen-bond acceptors (Lipinski definition) is 7. The van der Waals surface area contributed by atoms with Gasteiger partial charge in [0.25, 0.3) is 0 Å². The lowest BCUT2D eigenvalue weighted by atomic mass is 10.2. The van der Waals surface area contributed by atoms with Gasteiger partial charge in [-0.3, -0.25) is 4.79 Å². The second-order valence-corrected chi connectivity index (χ2v) is 9.01. The highest BCUT2D eigenvalue weighted by Crippen LogP contribution is 2.34. The number of aromatic nitrogens is 2. The van der Waals surface area contributed by atoms with Crippen LogP contribution in [0.1, 0.15) is 5.56 Å². The van der Waals surface area contributed by atoms with E-state index in [4.69, 9.17) is 4.74 Å². The van der Waals surface area contributed by atoms with E-state index >= 15 is 0 Å². The number of ether oxygens (including phenoxy) is 1. The summed E-state index contributed by atoms with van der Waals surface area (Å²) in [6.07, 6.45) is 3.34. The van der Waals surface area contributed by atoms with E-state index in [1.807, 2.05) is 36.4 Å². The first-order chi connectivity index (χ1) is 15.2. The number of carbonyl (C=O) groups is 1. The number of carbonyl (C=O) groups excluding carboxylic acids is 1. The van der Waals surface area contributed by atoms with Crippen LogP contribution >= 0.6 is 23.5 Å². The summed E-state index contributed by atoms with van der Waals surface area (Å²) in [6.45, 7) is 5.36. The Morgan fingerprint density at radius 1 is 1.03 bits per heavy atom. The first-order valence-electron chi connectivity index (χ1n) is 10.1. The first kappa shape index (κ1) is 21.7. The predicted molar refractivity (Wildman–Crippen MR) is 126 cm³/mol. The van der Waals surface area contributed by atoms with Gasteiger partial charge in [0.2, 0.25) is 5.91 Å². The van der Waals surface area contributed by atoms with Gasteiger partial charge in [0.05, 0.1) is 19.0 Å². The molecule has 1 amide bonds. The largest absolute Gasteiger partial charge is 0.378 e. The van der Waals surface area contributed by atoms with Crippen LogP contribution < -0.4 is 10.2 Å². The molecule has 31 heavy (non-hydrogen) atoms. The molecule has 0 aliphatic carbocycles. The molecule has 3 aromatic rings. The van der Waals surface area contributed by atoms with Crippen LogP contribution in [0.15, 0.2) is 75.9 Å². The van der Waals surface area contributed by atoms with Crippen LogP contribution in [-0.4, -0.2) is 47.9 Å². The van der Waals surface area contributed by atoms with E-state index < -0.39 is 0 Å². The fraction of sp³-hybridized carbons (Fsp3) is 0.261. The fourth-order valence-corrected chi connectivity index (χ4v) is 4.96. The van der Waals surface area contributed by atoms with Crippen LogP contribution in [0.3, 0.4) is 0 Å². The zero-order valence-corrected chi connectivity index (χ0v) is 18.9. The third-order valence-electron chi connectivity index (χ3n) is 4.80. The monoisotopic (exact) mass is 452 g/mol. The second kappa shape index (κ2) is 10.7. The molecule has 0 radical (unpaired) electrons. The Labute approximate surface area is 190 Å². The Balaban J connectivity index is 1.33. The standard InChI is InChI=1S/C23H24N4O2S2/c1-17-4-2-3-5-20(17)31-23-22(24-10-11-25-23)30-16-21(28)26-18-6-8-19(9-7-18)27-12-14-29-15-13-27/h2-11H,12-16H2,1H3,(H,26,28). The maximum atomic E-state index is 12.5. The molecule has 160 valence electrons. The van der Waals surface area contributed by atoms with Gasteiger partial charge >= 0.3 is 0 Å². The highest BCUT2D eigenvalue weighted by molar-refractivity contribution is 8.02. The molecule has 0 saturated carbocycles. The van der Waals surface area contributed by atoms with Crippen molar-refractivity contribution in [1.29, 1.82) is 0 Å². The van der Waals surface area contributed by atoms with Crippen LogP contribution in [-0.2, 0) is 9.53 Å². The molecule has 1 aromatic heterocycles.